The van der Waals surface area contributed by atoms with Crippen LogP contribution in [0.15, 0.2) is 48.8 Å². The number of nitrogens with one attached hydrogen (secondary N) is 1. The second-order valence-corrected chi connectivity index (χ2v) is 7.70. The maximum atomic E-state index is 10.2. The van der Waals surface area contributed by atoms with Crippen LogP contribution in [0.25, 0.3) is 5.65 Å². The maximum absolute atomic E-state index is 10.2. The Balaban J connectivity index is 1.61. The quantitative estimate of drug-likeness (QED) is 0.653. The van der Waals surface area contributed by atoms with Crippen LogP contribution in [0.4, 0.5) is 5.69 Å². The van der Waals surface area contributed by atoms with Crippen LogP contribution < -0.4 is 5.32 Å². The van der Waals surface area contributed by atoms with Gasteiger partial charge in [0.15, 0.2) is 5.65 Å². The first-order chi connectivity index (χ1) is 12.1. The molecule has 0 unspecified atom stereocenters. The smallest absolute Gasteiger partial charge is 0.160 e. The van der Waals surface area contributed by atoms with Gasteiger partial charge in [0, 0.05) is 23.5 Å². The fraction of sp³-hybridized carbons (Fsp3) is 0.278. The lowest BCUT2D eigenvalue weighted by Gasteiger charge is -2.15. The van der Waals surface area contributed by atoms with Crippen LogP contribution in [0.2, 0.25) is 5.02 Å². The largest absolute Gasteiger partial charge is 0.390 e. The van der Waals surface area contributed by atoms with Gasteiger partial charge in [-0.1, -0.05) is 23.7 Å². The molecule has 1 aliphatic heterocycles. The zero-order chi connectivity index (χ0) is 17.4. The minimum Gasteiger partial charge on any atom is -0.390 e. The Kier molecular flexibility index (Phi) is 4.60. The number of imidazole rings is 1. The number of pyridine rings is 1. The average molecular weight is 376 g/mol. The lowest BCUT2D eigenvalue weighted by atomic mass is 10.1. The van der Waals surface area contributed by atoms with Gasteiger partial charge in [-0.2, -0.15) is 0 Å². The molecule has 0 radical (unpaired) electrons. The van der Waals surface area contributed by atoms with Crippen LogP contribution in [-0.4, -0.2) is 37.6 Å². The number of aliphatic hydroxyl groups is 2. The molecule has 2 aromatic heterocycles. The van der Waals surface area contributed by atoms with Gasteiger partial charge in [0.2, 0.25) is 0 Å². The van der Waals surface area contributed by atoms with Crippen LogP contribution in [0.5, 0.6) is 0 Å². The summed E-state index contributed by atoms with van der Waals surface area (Å²) in [4.78, 5) is 4.52. The Morgan fingerprint density at radius 2 is 2.16 bits per heavy atom. The molecular weight excluding hydrogens is 358 g/mol. The summed E-state index contributed by atoms with van der Waals surface area (Å²) in [6.45, 7) is 0.641. The van der Waals surface area contributed by atoms with E-state index < -0.39 is 12.2 Å². The predicted molar refractivity (Wildman–Crippen MR) is 101 cm³/mol. The topological polar surface area (TPSA) is 69.8 Å². The van der Waals surface area contributed by atoms with Gasteiger partial charge in [0.05, 0.1) is 35.0 Å². The highest BCUT2D eigenvalue weighted by atomic mass is 35.5. The molecule has 4 rings (SSSR count). The second kappa shape index (κ2) is 6.88. The van der Waals surface area contributed by atoms with Gasteiger partial charge in [-0.3, -0.25) is 0 Å². The molecule has 0 spiro atoms. The lowest BCUT2D eigenvalue weighted by Crippen LogP contribution is -2.25. The average Bonchev–Trinajstić information content (AvgIpc) is 3.17. The van der Waals surface area contributed by atoms with Crippen molar-refractivity contribution in [3.8, 4) is 0 Å². The predicted octanol–water partition coefficient (Wildman–Crippen LogP) is 3.11. The number of aliphatic hydroxyl groups excluding tert-OH is 2. The maximum Gasteiger partial charge on any atom is 0.160 e. The molecule has 5 nitrogen and oxygen atoms in total. The molecule has 0 saturated carbocycles. The summed E-state index contributed by atoms with van der Waals surface area (Å²) in [6, 6.07) is 11.6. The first-order valence-corrected chi connectivity index (χ1v) is 9.48. The fourth-order valence-electron chi connectivity index (χ4n) is 3.08. The summed E-state index contributed by atoms with van der Waals surface area (Å²) in [7, 11) is 0. The van der Waals surface area contributed by atoms with Crippen LogP contribution in [0.1, 0.15) is 16.5 Å². The third-order valence-electron chi connectivity index (χ3n) is 4.38. The monoisotopic (exact) mass is 375 g/mol. The highest BCUT2D eigenvalue weighted by Crippen LogP contribution is 2.40. The number of fused-ring (bicyclic) bond motifs is 1. The van der Waals surface area contributed by atoms with Gasteiger partial charge in [-0.05, 0) is 29.8 Å². The molecule has 3 N–H and O–H groups in total. The summed E-state index contributed by atoms with van der Waals surface area (Å²) < 4.78 is 1.97. The molecule has 3 aromatic rings. The molecule has 1 fully saturated rings. The van der Waals surface area contributed by atoms with Crippen molar-refractivity contribution in [2.75, 3.05) is 11.1 Å². The van der Waals surface area contributed by atoms with Gasteiger partial charge in [-0.25, -0.2) is 4.98 Å². The SMILES string of the molecule is O[C@@H]1[C@H](O)CS[C@H]1c1cnc2c(NCc3cccc(Cl)c3)cccn12. The zero-order valence-electron chi connectivity index (χ0n) is 13.3. The molecule has 25 heavy (non-hydrogen) atoms. The third-order valence-corrected chi connectivity index (χ3v) is 6.03. The third kappa shape index (κ3) is 3.22. The lowest BCUT2D eigenvalue weighted by molar-refractivity contribution is 0.0411. The number of hydrogen-bond donors (Lipinski definition) is 3. The van der Waals surface area contributed by atoms with Gasteiger partial charge in [0.1, 0.15) is 0 Å². The summed E-state index contributed by atoms with van der Waals surface area (Å²) in [6.07, 6.45) is 2.25. The van der Waals surface area contributed by atoms with E-state index in [0.717, 1.165) is 22.6 Å². The Morgan fingerprint density at radius 1 is 1.28 bits per heavy atom. The normalized spacial score (nSPS) is 23.2. The van der Waals surface area contributed by atoms with Crippen molar-refractivity contribution in [2.24, 2.45) is 0 Å². The van der Waals surface area contributed by atoms with Crippen molar-refractivity contribution in [3.05, 3.63) is 65.1 Å². The summed E-state index contributed by atoms with van der Waals surface area (Å²) >= 11 is 7.59. The Hall–Kier alpha value is -1.73. The molecule has 0 aliphatic carbocycles. The van der Waals surface area contributed by atoms with E-state index in [1.165, 1.54) is 0 Å². The van der Waals surface area contributed by atoms with Crippen molar-refractivity contribution in [3.63, 3.8) is 0 Å². The molecule has 0 bridgehead atoms. The van der Waals surface area contributed by atoms with E-state index in [1.807, 2.05) is 47.0 Å². The number of anilines is 1. The first kappa shape index (κ1) is 16.7. The first-order valence-electron chi connectivity index (χ1n) is 8.05. The molecule has 7 heteroatoms. The number of benzene rings is 1. The van der Waals surface area contributed by atoms with Crippen LogP contribution in [-0.2, 0) is 6.54 Å². The summed E-state index contributed by atoms with van der Waals surface area (Å²) in [5.74, 6) is 0.534. The standard InChI is InChI=1S/C18H18ClN3O2S/c19-12-4-1-3-11(7-12)8-20-13-5-2-6-22-14(9-21-18(13)22)17-16(24)15(23)10-25-17/h1-7,9,15-17,20,23-24H,8,10H2/t15-,16-,17+/m1/s1. The molecule has 1 saturated heterocycles. The fourth-order valence-corrected chi connectivity index (χ4v) is 4.62. The van der Waals surface area contributed by atoms with E-state index in [0.29, 0.717) is 17.3 Å². The Morgan fingerprint density at radius 3 is 2.92 bits per heavy atom. The highest BCUT2D eigenvalue weighted by Gasteiger charge is 2.37. The number of rotatable bonds is 4. The Bertz CT molecular complexity index is 901. The van der Waals surface area contributed by atoms with Crippen molar-refractivity contribution in [2.45, 2.75) is 24.0 Å². The number of thioether (sulfide) groups is 1. The van der Waals surface area contributed by atoms with Crippen molar-refractivity contribution in [1.82, 2.24) is 9.38 Å². The van der Waals surface area contributed by atoms with Crippen LogP contribution >= 0.6 is 23.4 Å². The van der Waals surface area contributed by atoms with Crippen LogP contribution in [0, 0.1) is 0 Å². The highest BCUT2D eigenvalue weighted by molar-refractivity contribution is 7.99. The van der Waals surface area contributed by atoms with Gasteiger partial charge in [-0.15, -0.1) is 11.8 Å². The molecular formula is C18H18ClN3O2S. The summed E-state index contributed by atoms with van der Waals surface area (Å²) in [5, 5.41) is 23.9. The van der Waals surface area contributed by atoms with E-state index in [1.54, 1.807) is 18.0 Å². The molecule has 3 atom stereocenters. The van der Waals surface area contributed by atoms with Crippen molar-refractivity contribution >= 4 is 34.7 Å². The molecule has 1 aliphatic rings. The van der Waals surface area contributed by atoms with Crippen molar-refractivity contribution < 1.29 is 10.2 Å². The number of halogens is 1. The zero-order valence-corrected chi connectivity index (χ0v) is 14.9. The van der Waals surface area contributed by atoms with E-state index in [4.69, 9.17) is 11.6 Å². The minimum absolute atomic E-state index is 0.173. The Labute approximate surface area is 154 Å². The van der Waals surface area contributed by atoms with E-state index in [-0.39, 0.29) is 5.25 Å². The van der Waals surface area contributed by atoms with Gasteiger partial charge in [0.25, 0.3) is 0 Å². The van der Waals surface area contributed by atoms with Gasteiger partial charge >= 0.3 is 0 Å². The molecule has 3 heterocycles. The molecule has 130 valence electrons. The van der Waals surface area contributed by atoms with E-state index in [9.17, 15) is 10.2 Å². The van der Waals surface area contributed by atoms with Crippen LogP contribution in [0.3, 0.4) is 0 Å². The molecule has 1 aromatic carbocycles. The van der Waals surface area contributed by atoms with E-state index in [2.05, 4.69) is 10.3 Å². The number of hydrogen-bond acceptors (Lipinski definition) is 5. The minimum atomic E-state index is -0.770. The van der Waals surface area contributed by atoms with Gasteiger partial charge < -0.3 is 19.9 Å². The number of aromatic nitrogens is 2. The molecule has 0 amide bonds. The number of nitrogens with zero attached hydrogens (tertiary/aromatic N) is 2. The van der Waals surface area contributed by atoms with E-state index >= 15 is 0 Å². The van der Waals surface area contributed by atoms with Crippen molar-refractivity contribution in [1.29, 1.82) is 0 Å². The second-order valence-electron chi connectivity index (χ2n) is 6.09. The summed E-state index contributed by atoms with van der Waals surface area (Å²) in [5.41, 5.74) is 3.70.